The molecule has 602 valence electrons. The summed E-state index contributed by atoms with van der Waals surface area (Å²) in [6.45, 7) is 97.4. The van der Waals surface area contributed by atoms with E-state index in [0.717, 1.165) is 148 Å². The number of hydrogen-bond donors (Lipinski definition) is 2. The van der Waals surface area contributed by atoms with Gasteiger partial charge in [-0.2, -0.15) is 0 Å². The molecule has 2 N–H and O–H groups in total. The van der Waals surface area contributed by atoms with Crippen LogP contribution in [0.5, 0.6) is 0 Å². The molecule has 110 heavy (non-hydrogen) atoms. The molecule has 0 atom stereocenters. The van der Waals surface area contributed by atoms with Crippen LogP contribution in [0.2, 0.25) is 83.1 Å². The minimum atomic E-state index is -2.41. The summed E-state index contributed by atoms with van der Waals surface area (Å²) in [6.07, 6.45) is 7.84. The van der Waals surface area contributed by atoms with Gasteiger partial charge in [-0.15, -0.1) is 27.7 Å². The number of nitrogens with zero attached hydrogens (tertiary/aromatic N) is 3. The molecule has 10 heteroatoms. The standard InChI is InChI=1S/C100H157N5Si5/c1-41-76-77(42-2)92-87(52-57-107(64(17)18,65(19)20)66(21)22)94-80(45-5)81(46-6)96(103-94)89(54-59-109(70(29)30,71(31)32)72(33)34)98-84(49-9)85(50-10)100(105-98)90(55-60-110(73(35)36,74(37)38)75(39)40)99-83(48-8)82(47-7)97(104-99)88(53-58-108(67(23)24,68(25)26)69(27)28)95-79(44-4)78(43-3)93(102-95)86(91(76)101-92)51-56-106(61(11)12,62(13)14)63(15)16/h61-75,101-102H,41-50H2,1-40H3. The van der Waals surface area contributed by atoms with Gasteiger partial charge in [0.2, 0.25) is 0 Å². The van der Waals surface area contributed by atoms with Crippen molar-refractivity contribution in [1.82, 2.24) is 24.9 Å². The predicted octanol–water partition coefficient (Wildman–Crippen LogP) is 30.4. The van der Waals surface area contributed by atoms with E-state index >= 15 is 0 Å². The van der Waals surface area contributed by atoms with Gasteiger partial charge in [-0.25, -0.2) is 15.0 Å². The van der Waals surface area contributed by atoms with E-state index in [1.165, 1.54) is 55.7 Å². The quantitative estimate of drug-likeness (QED) is 0.0656. The first-order chi connectivity index (χ1) is 51.5. The van der Waals surface area contributed by atoms with E-state index in [9.17, 15) is 0 Å². The third-order valence-electron chi connectivity index (χ3n) is 28.2. The van der Waals surface area contributed by atoms with Crippen LogP contribution in [0.1, 0.15) is 400 Å². The van der Waals surface area contributed by atoms with Gasteiger partial charge in [-0.05, 0) is 203 Å². The van der Waals surface area contributed by atoms with Crippen LogP contribution in [0.4, 0.5) is 0 Å². The molecule has 10 bridgehead atoms. The number of H-pyrrole nitrogens is 2. The maximum absolute atomic E-state index is 6.40. The molecule has 3 aliphatic heterocycles. The Bertz CT molecular complexity index is 4200. The van der Waals surface area contributed by atoms with E-state index < -0.39 is 40.4 Å². The monoisotopic (exact) mass is 1570 g/mol. The van der Waals surface area contributed by atoms with Crippen LogP contribution in [-0.4, -0.2) is 65.3 Å². The molecule has 0 fully saturated rings. The Hall–Kier alpha value is -5.37. The van der Waals surface area contributed by atoms with E-state index in [1.54, 1.807) is 0 Å². The molecule has 0 saturated carbocycles. The largest absolute Gasteiger partial charge is 0.353 e. The summed E-state index contributed by atoms with van der Waals surface area (Å²) in [7, 11) is -12.0. The number of aromatic nitrogens is 5. The van der Waals surface area contributed by atoms with Crippen molar-refractivity contribution in [2.24, 2.45) is 0 Å². The number of nitrogens with one attached hydrogen (secondary N) is 2. The topological polar surface area (TPSA) is 70.2 Å². The summed E-state index contributed by atoms with van der Waals surface area (Å²) in [4.78, 5) is 28.2. The van der Waals surface area contributed by atoms with Crippen molar-refractivity contribution in [2.75, 3.05) is 0 Å². The molecule has 0 unspecified atom stereocenters. The summed E-state index contributed by atoms with van der Waals surface area (Å²) < 4.78 is 0. The van der Waals surface area contributed by atoms with Crippen molar-refractivity contribution in [3.05, 3.63) is 84.2 Å². The Morgan fingerprint density at radius 2 is 0.336 bits per heavy atom. The average molecular weight is 1570 g/mol. The fourth-order valence-electron chi connectivity index (χ4n) is 22.9. The maximum atomic E-state index is 6.40. The van der Waals surface area contributed by atoms with Crippen molar-refractivity contribution in [2.45, 2.75) is 424 Å². The van der Waals surface area contributed by atoms with Crippen molar-refractivity contribution >= 4 is 95.9 Å². The molecule has 3 aliphatic rings. The highest BCUT2D eigenvalue weighted by molar-refractivity contribution is 6.92. The van der Waals surface area contributed by atoms with Crippen LogP contribution < -0.4 is 0 Å². The highest BCUT2D eigenvalue weighted by atomic mass is 28.3. The van der Waals surface area contributed by atoms with Crippen molar-refractivity contribution < 1.29 is 0 Å². The van der Waals surface area contributed by atoms with Gasteiger partial charge >= 0.3 is 0 Å². The number of aryl methyl sites for hydroxylation is 4. The van der Waals surface area contributed by atoms with Crippen LogP contribution in [-0.2, 0) is 25.7 Å². The lowest BCUT2D eigenvalue weighted by molar-refractivity contribution is 0.838. The lowest BCUT2D eigenvalue weighted by Crippen LogP contribution is -2.43. The second-order valence-electron chi connectivity index (χ2n) is 37.6. The Morgan fingerprint density at radius 3 is 0.482 bits per heavy atom. The molecule has 6 rings (SSSR count). The van der Waals surface area contributed by atoms with E-state index in [1.807, 2.05) is 0 Å². The van der Waals surface area contributed by atoms with Crippen molar-refractivity contribution in [3.63, 3.8) is 0 Å². The van der Waals surface area contributed by atoms with Crippen LogP contribution in [0.15, 0.2) is 0 Å². The van der Waals surface area contributed by atoms with Gasteiger partial charge in [0.05, 0.1) is 84.0 Å². The highest BCUT2D eigenvalue weighted by Crippen LogP contribution is 2.51. The molecule has 0 saturated heterocycles. The zero-order chi connectivity index (χ0) is 83.3. The minimum absolute atomic E-state index is 0.407. The Morgan fingerprint density at radius 1 is 0.200 bits per heavy atom. The summed E-state index contributed by atoms with van der Waals surface area (Å²) in [5.74, 6) is 21.6. The zero-order valence-corrected chi connectivity index (χ0v) is 83.1. The number of hydrogen-bond acceptors (Lipinski definition) is 3. The molecule has 3 aromatic rings. The number of fused-ring (bicyclic) bond motifs is 10. The lowest BCUT2D eigenvalue weighted by Gasteiger charge is -2.38. The Labute approximate surface area is 681 Å². The summed E-state index contributed by atoms with van der Waals surface area (Å²) in [5.41, 5.74) is 56.1. The van der Waals surface area contributed by atoms with Gasteiger partial charge < -0.3 is 9.97 Å². The third kappa shape index (κ3) is 16.4. The zero-order valence-electron chi connectivity index (χ0n) is 78.1. The molecule has 0 radical (unpaired) electrons. The van der Waals surface area contributed by atoms with E-state index in [2.05, 4.69) is 344 Å². The fraction of sp³-hybridized carbons (Fsp3) is 0.650. The summed E-state index contributed by atoms with van der Waals surface area (Å²) >= 11 is 0. The molecule has 0 amide bonds. The van der Waals surface area contributed by atoms with Gasteiger partial charge in [0.1, 0.15) is 40.4 Å². The molecule has 6 heterocycles. The first-order valence-corrected chi connectivity index (χ1v) is 55.8. The van der Waals surface area contributed by atoms with E-state index in [0.29, 0.717) is 83.1 Å². The second-order valence-corrected chi connectivity index (χ2v) is 65.5. The smallest absolute Gasteiger partial charge is 0.146 e. The van der Waals surface area contributed by atoms with Gasteiger partial charge in [0.25, 0.3) is 0 Å². The molecular weight excluding hydrogens is 1410 g/mol. The minimum Gasteiger partial charge on any atom is -0.353 e. The first-order valence-electron chi connectivity index (χ1n) is 44.6. The van der Waals surface area contributed by atoms with Crippen LogP contribution in [0, 0.1) is 57.3 Å². The van der Waals surface area contributed by atoms with Gasteiger partial charge in [0, 0.05) is 0 Å². The number of aromatic amines is 2. The van der Waals surface area contributed by atoms with Gasteiger partial charge in [0.15, 0.2) is 0 Å². The second kappa shape index (κ2) is 37.9. The normalized spacial score (nSPS) is 13.8. The van der Waals surface area contributed by atoms with E-state index in [4.69, 9.17) is 15.0 Å². The Balaban J connectivity index is 2.49. The predicted molar refractivity (Wildman–Crippen MR) is 506 cm³/mol. The Kier molecular flexibility index (Phi) is 32.2. The van der Waals surface area contributed by atoms with Gasteiger partial charge in [-0.3, -0.25) is 0 Å². The highest BCUT2D eigenvalue weighted by Gasteiger charge is 2.47. The van der Waals surface area contributed by atoms with Crippen LogP contribution in [0.25, 0.3) is 55.5 Å². The molecule has 0 aliphatic carbocycles. The third-order valence-corrected chi connectivity index (χ3v) is 59.7. The average Bonchev–Trinajstić information content (AvgIpc) is 1.57. The van der Waals surface area contributed by atoms with Gasteiger partial charge in [-0.1, -0.05) is 307 Å². The maximum Gasteiger partial charge on any atom is 0.146 e. The first kappa shape index (κ1) is 93.5. The lowest BCUT2D eigenvalue weighted by atomic mass is 9.92. The van der Waals surface area contributed by atoms with Crippen molar-refractivity contribution in [3.8, 4) is 57.3 Å². The fourth-order valence-corrected chi connectivity index (χ4v) is 48.9. The van der Waals surface area contributed by atoms with E-state index in [-0.39, 0.29) is 0 Å². The van der Waals surface area contributed by atoms with Crippen LogP contribution >= 0.6 is 0 Å². The molecule has 5 nitrogen and oxygen atoms in total. The number of allylic oxidation sites excluding steroid dienone is 6. The molecule has 0 aromatic carbocycles. The van der Waals surface area contributed by atoms with Crippen LogP contribution in [0.3, 0.4) is 0 Å². The number of rotatable bonds is 25. The summed E-state index contributed by atoms with van der Waals surface area (Å²) in [6, 6.07) is 0. The molecule has 0 spiro atoms. The van der Waals surface area contributed by atoms with Crippen molar-refractivity contribution in [1.29, 1.82) is 0 Å². The summed E-state index contributed by atoms with van der Waals surface area (Å²) in [5, 5.41) is 0. The molecular formula is C100H157N5Si5. The SMILES string of the molecule is CCC1=C(CC)c2nc1c(C#C[Si](C(C)C)(C(C)C)C(C)C)c1nc(c(C#C[Si](C(C)C)(C(C)C)C(C)C)c3[nH]c(c(CC)c3CC)c(C#C[Si](C(C)C)(C(C)C)C(C)C)c3[nH]c(c(C#C[Si](C(C)C)(C(C)C)C(C)C)c4nc(c2C#C[Si](C(C)C)(C(C)C)C(C)C)C(CC)=C4CC)c(CC)c3CC)C(CC)=C1CC. The molecule has 3 aromatic heterocycles.